The first kappa shape index (κ1) is 29.0. The summed E-state index contributed by atoms with van der Waals surface area (Å²) < 4.78 is 21.3. The molecule has 1 amide bonds. The summed E-state index contributed by atoms with van der Waals surface area (Å²) in [5, 5.41) is 18.1. The first-order chi connectivity index (χ1) is 15.5. The van der Waals surface area contributed by atoms with Gasteiger partial charge in [-0.1, -0.05) is 17.0 Å². The van der Waals surface area contributed by atoms with Crippen LogP contribution < -0.4 is 4.89 Å². The lowest BCUT2D eigenvalue weighted by Crippen LogP contribution is -2.38. The number of rotatable bonds is 15. The van der Waals surface area contributed by atoms with Gasteiger partial charge in [-0.3, -0.25) is 9.48 Å². The van der Waals surface area contributed by atoms with Crippen LogP contribution in [0.25, 0.3) is 0 Å². The van der Waals surface area contributed by atoms with Crippen molar-refractivity contribution in [3.8, 4) is 0 Å². The van der Waals surface area contributed by atoms with E-state index in [1.54, 1.807) is 9.58 Å². The first-order valence-electron chi connectivity index (χ1n) is 10.5. The lowest BCUT2D eigenvalue weighted by atomic mass is 10.2. The van der Waals surface area contributed by atoms with Crippen molar-refractivity contribution < 1.29 is 37.8 Å². The average molecular weight is 546 g/mol. The molecule has 190 valence electrons. The van der Waals surface area contributed by atoms with Crippen molar-refractivity contribution >= 4 is 43.8 Å². The topological polar surface area (TPSA) is 151 Å². The maximum absolute atomic E-state index is 12.6. The maximum atomic E-state index is 12.6. The van der Waals surface area contributed by atoms with Gasteiger partial charge in [-0.05, 0) is 32.1 Å². The van der Waals surface area contributed by atoms with Gasteiger partial charge < -0.3 is 36.2 Å². The van der Waals surface area contributed by atoms with Gasteiger partial charge in [-0.25, -0.2) is 9.42 Å². The van der Waals surface area contributed by atoms with Crippen LogP contribution in [-0.2, 0) is 59.9 Å². The number of carbonyl (C=O) groups excluding carboxylic acids is 1. The summed E-state index contributed by atoms with van der Waals surface area (Å²) in [6.07, 6.45) is 4.48. The molecule has 2 N–H and O–H groups in total. The van der Waals surface area contributed by atoms with Gasteiger partial charge in [-0.2, -0.15) is 4.52 Å². The molecule has 1 saturated heterocycles. The van der Waals surface area contributed by atoms with Gasteiger partial charge in [0.2, 0.25) is 5.91 Å². The Morgan fingerprint density at radius 2 is 2.18 bits per heavy atom. The molecule has 0 aliphatic carbocycles. The smallest absolute Gasteiger partial charge is 0.285 e. The Hall–Kier alpha value is -0.240. The zero-order chi connectivity index (χ0) is 24.5. The van der Waals surface area contributed by atoms with Crippen LogP contribution >= 0.6 is 13.9 Å². The van der Waals surface area contributed by atoms with Crippen LogP contribution in [-0.4, -0.2) is 81.9 Å². The Bertz CT molecular complexity index is 803. The van der Waals surface area contributed by atoms with Crippen LogP contribution in [0.2, 0.25) is 0 Å². The minimum Gasteiger partial charge on any atom is -0.780 e. The van der Waals surface area contributed by atoms with Crippen LogP contribution in [0, 0.1) is 0 Å². The number of carbonyl (C=O) groups is 1. The van der Waals surface area contributed by atoms with Crippen molar-refractivity contribution in [2.75, 3.05) is 34.0 Å². The fraction of sp³-hybridized carbons (Fsp3) is 0.824. The highest BCUT2D eigenvalue weighted by Crippen LogP contribution is 2.53. The number of aromatic nitrogens is 3. The van der Waals surface area contributed by atoms with Gasteiger partial charge in [0.1, 0.15) is 13.3 Å². The first-order valence-corrected chi connectivity index (χ1v) is 15.6. The molecule has 1 aromatic rings. The Morgan fingerprint density at radius 1 is 1.42 bits per heavy atom. The van der Waals surface area contributed by atoms with E-state index in [1.807, 2.05) is 6.20 Å². The molecule has 4 atom stereocenters. The molecule has 2 rings (SSSR count). The number of aliphatic hydroxyl groups excluding tert-OH is 1. The highest BCUT2D eigenvalue weighted by atomic mass is 32.7. The van der Waals surface area contributed by atoms with Gasteiger partial charge in [0.15, 0.2) is 0 Å². The van der Waals surface area contributed by atoms with Gasteiger partial charge in [-0.15, -0.1) is 5.10 Å². The van der Waals surface area contributed by atoms with E-state index in [1.165, 1.54) is 14.2 Å². The second kappa shape index (κ2) is 13.7. The normalized spacial score (nSPS) is 22.3. The molecule has 2 unspecified atom stereocenters. The molecule has 1 aliphatic heterocycles. The number of hydrogen-bond donors (Lipinski definition) is 2. The van der Waals surface area contributed by atoms with Crippen molar-refractivity contribution in [1.82, 2.24) is 19.9 Å². The van der Waals surface area contributed by atoms with E-state index in [-0.39, 0.29) is 38.1 Å². The summed E-state index contributed by atoms with van der Waals surface area (Å²) in [5.74, 6) is -0.112. The highest BCUT2D eigenvalue weighted by molar-refractivity contribution is 8.35. The third kappa shape index (κ3) is 10.5. The van der Waals surface area contributed by atoms with Crippen LogP contribution in [0.3, 0.4) is 0 Å². The Kier molecular flexibility index (Phi) is 12.1. The SMILES string of the molecule is COP([O-])(=S)OCCCCc1cn(CCCC(=O)N2C[C@@H](O)C[C@H]2CO[P+](O)([S-])OC)nn1. The van der Waals surface area contributed by atoms with Crippen molar-refractivity contribution in [1.29, 1.82) is 0 Å². The Labute approximate surface area is 204 Å². The van der Waals surface area contributed by atoms with E-state index in [4.69, 9.17) is 25.8 Å². The molecule has 1 aliphatic rings. The summed E-state index contributed by atoms with van der Waals surface area (Å²) in [7, 11) is -0.796. The van der Waals surface area contributed by atoms with Gasteiger partial charge in [0, 0.05) is 32.8 Å². The molecule has 1 fully saturated rings. The average Bonchev–Trinajstić information content (AvgIpc) is 3.38. The third-order valence-electron chi connectivity index (χ3n) is 5.04. The fourth-order valence-corrected chi connectivity index (χ4v) is 4.65. The molecular weight excluding hydrogens is 514 g/mol. The molecule has 33 heavy (non-hydrogen) atoms. The van der Waals surface area contributed by atoms with E-state index >= 15 is 0 Å². The van der Waals surface area contributed by atoms with Crippen molar-refractivity contribution in [3.63, 3.8) is 0 Å². The highest BCUT2D eigenvalue weighted by Gasteiger charge is 2.36. The van der Waals surface area contributed by atoms with Crippen LogP contribution in [0.1, 0.15) is 37.8 Å². The summed E-state index contributed by atoms with van der Waals surface area (Å²) in [5.41, 5.74) is 0.812. The minimum atomic E-state index is -3.35. The Morgan fingerprint density at radius 3 is 2.88 bits per heavy atom. The van der Waals surface area contributed by atoms with Crippen LogP contribution in [0.5, 0.6) is 0 Å². The van der Waals surface area contributed by atoms with Crippen LogP contribution in [0.4, 0.5) is 0 Å². The lowest BCUT2D eigenvalue weighted by Gasteiger charge is -2.26. The molecule has 12 nitrogen and oxygen atoms in total. The van der Waals surface area contributed by atoms with Gasteiger partial charge >= 0.3 is 0 Å². The quantitative estimate of drug-likeness (QED) is 0.179. The zero-order valence-corrected chi connectivity index (χ0v) is 22.1. The summed E-state index contributed by atoms with van der Waals surface area (Å²) in [4.78, 5) is 35.4. The maximum Gasteiger partial charge on any atom is 0.285 e. The van der Waals surface area contributed by atoms with Gasteiger partial charge in [0.25, 0.3) is 7.15 Å². The number of likely N-dealkylation sites (tertiary alicyclic amines) is 1. The molecule has 1 aromatic heterocycles. The molecule has 0 spiro atoms. The lowest BCUT2D eigenvalue weighted by molar-refractivity contribution is -0.204. The Balaban J connectivity index is 1.69. The number of nitrogens with zero attached hydrogens (tertiary/aromatic N) is 4. The number of hydrogen-bond acceptors (Lipinski definition) is 12. The predicted octanol–water partition coefficient (Wildman–Crippen LogP) is 0.470. The fourth-order valence-electron chi connectivity index (χ4n) is 3.32. The van der Waals surface area contributed by atoms with E-state index < -0.39 is 20.0 Å². The van der Waals surface area contributed by atoms with E-state index in [0.29, 0.717) is 32.2 Å². The molecule has 16 heteroatoms. The second-order valence-electron chi connectivity index (χ2n) is 7.53. The number of aryl methyl sites for hydroxylation is 2. The van der Waals surface area contributed by atoms with Crippen molar-refractivity contribution in [3.05, 3.63) is 11.9 Å². The molecule has 0 bridgehead atoms. The standard InChI is InChI=1S/C17H32N4O8P2S2/c1-26-30(24,32)28-9-4-3-6-14-11-20(19-18-14)8-5-7-17(23)21-12-16(22)10-15(21)13-29-31(25,33)27-2/h11,15-16,22H,3-10,12-13H2,1-2H3,(H,24,32)(H,25,33)/p-1/t15-,16-,30?,31?/m0/s1. The molecular formula is C17H31N4O8P2S2-. The zero-order valence-electron chi connectivity index (χ0n) is 18.6. The second-order valence-corrected chi connectivity index (χ2v) is 13.3. The largest absolute Gasteiger partial charge is 0.780 e. The number of unbranched alkanes of at least 4 members (excludes halogenated alkanes) is 1. The van der Waals surface area contributed by atoms with Crippen molar-refractivity contribution in [2.45, 2.75) is 57.2 Å². The van der Waals surface area contributed by atoms with Crippen LogP contribution in [0.15, 0.2) is 6.20 Å². The molecule has 0 saturated carbocycles. The van der Waals surface area contributed by atoms with E-state index in [0.717, 1.165) is 12.1 Å². The molecule has 0 aromatic carbocycles. The monoisotopic (exact) mass is 545 g/mol. The molecule has 2 heterocycles. The van der Waals surface area contributed by atoms with Gasteiger partial charge in [0.05, 0.1) is 31.6 Å². The molecule has 0 radical (unpaired) electrons. The predicted molar refractivity (Wildman–Crippen MR) is 125 cm³/mol. The van der Waals surface area contributed by atoms with E-state index in [2.05, 4.69) is 26.6 Å². The number of β-amino-alcohol motifs (C(OH)–C–C–N with tert-alkyl or cyclic N) is 1. The number of amides is 1. The minimum absolute atomic E-state index is 0.0113. The summed E-state index contributed by atoms with van der Waals surface area (Å²) in [6, 6.07) is -0.363. The third-order valence-corrected chi connectivity index (χ3v) is 8.45. The summed E-state index contributed by atoms with van der Waals surface area (Å²) in [6.45, 7) is -2.35. The van der Waals surface area contributed by atoms with Crippen molar-refractivity contribution in [2.24, 2.45) is 0 Å². The van der Waals surface area contributed by atoms with E-state index in [9.17, 15) is 19.7 Å². The number of aliphatic hydroxyl groups is 1. The summed E-state index contributed by atoms with van der Waals surface area (Å²) >= 11 is 9.46.